The van der Waals surface area contributed by atoms with Crippen molar-refractivity contribution in [1.29, 1.82) is 0 Å². The van der Waals surface area contributed by atoms with Gasteiger partial charge >= 0.3 is 0 Å². The molecule has 2 atom stereocenters. The van der Waals surface area contributed by atoms with Gasteiger partial charge in [-0.3, -0.25) is 0 Å². The molecular formula is C14H19Cl2NO. The van der Waals surface area contributed by atoms with Crippen LogP contribution in [0.15, 0.2) is 18.2 Å². The van der Waals surface area contributed by atoms with Gasteiger partial charge in [0.25, 0.3) is 0 Å². The maximum atomic E-state index is 6.15. The summed E-state index contributed by atoms with van der Waals surface area (Å²) in [6.07, 6.45) is 2.64. The molecule has 0 saturated carbocycles. The molecule has 0 amide bonds. The van der Waals surface area contributed by atoms with Crippen LogP contribution < -0.4 is 5.32 Å². The third kappa shape index (κ3) is 3.39. The summed E-state index contributed by atoms with van der Waals surface area (Å²) >= 11 is 12.1. The molecule has 2 nitrogen and oxygen atoms in total. The van der Waals surface area contributed by atoms with Gasteiger partial charge < -0.3 is 10.1 Å². The molecule has 0 radical (unpaired) electrons. The van der Waals surface area contributed by atoms with Crippen molar-refractivity contribution in [2.24, 2.45) is 5.92 Å². The highest BCUT2D eigenvalue weighted by molar-refractivity contribution is 6.42. The number of rotatable bonds is 5. The van der Waals surface area contributed by atoms with E-state index < -0.39 is 0 Å². The lowest BCUT2D eigenvalue weighted by Crippen LogP contribution is -2.28. The van der Waals surface area contributed by atoms with Gasteiger partial charge in [-0.25, -0.2) is 0 Å². The van der Waals surface area contributed by atoms with Crippen LogP contribution in [0.2, 0.25) is 10.0 Å². The Balaban J connectivity index is 1.83. The quantitative estimate of drug-likeness (QED) is 0.887. The third-order valence-electron chi connectivity index (χ3n) is 3.50. The lowest BCUT2D eigenvalue weighted by Gasteiger charge is -2.17. The van der Waals surface area contributed by atoms with Gasteiger partial charge in [0.15, 0.2) is 0 Å². The predicted octanol–water partition coefficient (Wildman–Crippen LogP) is 3.90. The molecular weight excluding hydrogens is 269 g/mol. The van der Waals surface area contributed by atoms with Crippen molar-refractivity contribution < 1.29 is 4.74 Å². The Morgan fingerprint density at radius 2 is 2.22 bits per heavy atom. The Morgan fingerprint density at radius 1 is 1.39 bits per heavy atom. The van der Waals surface area contributed by atoms with Crippen LogP contribution in [-0.4, -0.2) is 19.3 Å². The van der Waals surface area contributed by atoms with Crippen molar-refractivity contribution in [3.8, 4) is 0 Å². The van der Waals surface area contributed by atoms with Crippen LogP contribution in [0.5, 0.6) is 0 Å². The molecule has 4 heteroatoms. The molecule has 0 spiro atoms. The lowest BCUT2D eigenvalue weighted by atomic mass is 9.99. The first-order valence-corrected chi connectivity index (χ1v) is 7.23. The van der Waals surface area contributed by atoms with Gasteiger partial charge in [-0.1, -0.05) is 42.3 Å². The number of nitrogens with one attached hydrogen (secondary N) is 1. The topological polar surface area (TPSA) is 21.3 Å². The normalized spacial score (nSPS) is 23.5. The zero-order valence-electron chi connectivity index (χ0n) is 10.6. The van der Waals surface area contributed by atoms with E-state index in [-0.39, 0.29) is 0 Å². The second-order valence-corrected chi connectivity index (χ2v) is 5.50. The summed E-state index contributed by atoms with van der Waals surface area (Å²) in [6.45, 7) is 4.80. The Hall–Kier alpha value is -0.280. The van der Waals surface area contributed by atoms with E-state index in [4.69, 9.17) is 27.9 Å². The average Bonchev–Trinajstić information content (AvgIpc) is 2.82. The number of halogens is 2. The molecule has 1 aliphatic rings. The van der Waals surface area contributed by atoms with E-state index in [9.17, 15) is 0 Å². The van der Waals surface area contributed by atoms with Gasteiger partial charge in [0.05, 0.1) is 16.1 Å². The average molecular weight is 288 g/mol. The predicted molar refractivity (Wildman–Crippen MR) is 76.3 cm³/mol. The van der Waals surface area contributed by atoms with Gasteiger partial charge in [0.1, 0.15) is 0 Å². The van der Waals surface area contributed by atoms with Crippen molar-refractivity contribution in [3.63, 3.8) is 0 Å². The SMILES string of the molecule is CCC1OCCC1CNCc1cccc(Cl)c1Cl. The zero-order chi connectivity index (χ0) is 13.0. The minimum atomic E-state index is 0.410. The lowest BCUT2D eigenvalue weighted by molar-refractivity contribution is 0.0872. The molecule has 1 heterocycles. The minimum Gasteiger partial charge on any atom is -0.378 e. The van der Waals surface area contributed by atoms with Gasteiger partial charge in [-0.05, 0) is 30.4 Å². The summed E-state index contributed by atoms with van der Waals surface area (Å²) in [5.74, 6) is 0.618. The van der Waals surface area contributed by atoms with E-state index in [2.05, 4.69) is 12.2 Å². The van der Waals surface area contributed by atoms with E-state index in [0.717, 1.165) is 38.1 Å². The number of ether oxygens (including phenoxy) is 1. The Bertz CT molecular complexity index is 397. The minimum absolute atomic E-state index is 0.410. The molecule has 1 aromatic carbocycles. The molecule has 18 heavy (non-hydrogen) atoms. The van der Waals surface area contributed by atoms with Crippen LogP contribution in [0.4, 0.5) is 0 Å². The maximum absolute atomic E-state index is 6.15. The van der Waals surface area contributed by atoms with Gasteiger partial charge in [0.2, 0.25) is 0 Å². The first-order chi connectivity index (χ1) is 8.72. The van der Waals surface area contributed by atoms with Gasteiger partial charge in [-0.2, -0.15) is 0 Å². The highest BCUT2D eigenvalue weighted by atomic mass is 35.5. The molecule has 1 aromatic rings. The van der Waals surface area contributed by atoms with Crippen LogP contribution in [0, 0.1) is 5.92 Å². The molecule has 2 rings (SSSR count). The molecule has 0 bridgehead atoms. The largest absolute Gasteiger partial charge is 0.378 e. The van der Waals surface area contributed by atoms with Crippen LogP contribution in [0.25, 0.3) is 0 Å². The number of benzene rings is 1. The molecule has 2 unspecified atom stereocenters. The molecule has 1 aliphatic heterocycles. The number of hydrogen-bond acceptors (Lipinski definition) is 2. The standard InChI is InChI=1S/C14H19Cl2NO/c1-2-13-10(6-7-18-13)8-17-9-11-4-3-5-12(15)14(11)16/h3-5,10,13,17H,2,6-9H2,1H3. The first-order valence-electron chi connectivity index (χ1n) is 6.47. The third-order valence-corrected chi connectivity index (χ3v) is 4.36. The van der Waals surface area contributed by atoms with E-state index >= 15 is 0 Å². The molecule has 1 N–H and O–H groups in total. The van der Waals surface area contributed by atoms with Crippen molar-refractivity contribution in [1.82, 2.24) is 5.32 Å². The van der Waals surface area contributed by atoms with Crippen LogP contribution in [0.1, 0.15) is 25.3 Å². The second-order valence-electron chi connectivity index (χ2n) is 4.71. The molecule has 0 aromatic heterocycles. The Morgan fingerprint density at radius 3 is 3.00 bits per heavy atom. The molecule has 1 saturated heterocycles. The van der Waals surface area contributed by atoms with E-state index in [1.165, 1.54) is 0 Å². The van der Waals surface area contributed by atoms with Crippen LogP contribution >= 0.6 is 23.2 Å². The monoisotopic (exact) mass is 287 g/mol. The van der Waals surface area contributed by atoms with Crippen LogP contribution in [0.3, 0.4) is 0 Å². The maximum Gasteiger partial charge on any atom is 0.0637 e. The van der Waals surface area contributed by atoms with E-state index in [1.807, 2.05) is 18.2 Å². The van der Waals surface area contributed by atoms with Gasteiger partial charge in [-0.15, -0.1) is 0 Å². The molecule has 0 aliphatic carbocycles. The highest BCUT2D eigenvalue weighted by Crippen LogP contribution is 2.26. The summed E-state index contributed by atoms with van der Waals surface area (Å²) in [6, 6.07) is 5.74. The van der Waals surface area contributed by atoms with Gasteiger partial charge in [0, 0.05) is 19.7 Å². The summed E-state index contributed by atoms with van der Waals surface area (Å²) in [4.78, 5) is 0. The fourth-order valence-electron chi connectivity index (χ4n) is 2.45. The summed E-state index contributed by atoms with van der Waals surface area (Å²) in [5, 5.41) is 4.72. The number of hydrogen-bond donors (Lipinski definition) is 1. The Labute approximate surface area is 119 Å². The fourth-order valence-corrected chi connectivity index (χ4v) is 2.84. The van der Waals surface area contributed by atoms with Crippen LogP contribution in [-0.2, 0) is 11.3 Å². The van der Waals surface area contributed by atoms with E-state index in [0.29, 0.717) is 22.1 Å². The highest BCUT2D eigenvalue weighted by Gasteiger charge is 2.25. The molecule has 100 valence electrons. The van der Waals surface area contributed by atoms with E-state index in [1.54, 1.807) is 0 Å². The summed E-state index contributed by atoms with van der Waals surface area (Å²) in [5.41, 5.74) is 1.05. The Kier molecular flexibility index (Phi) is 5.31. The fraction of sp³-hybridized carbons (Fsp3) is 0.571. The summed E-state index contributed by atoms with van der Waals surface area (Å²) < 4.78 is 5.67. The zero-order valence-corrected chi connectivity index (χ0v) is 12.1. The first kappa shape index (κ1) is 14.1. The smallest absolute Gasteiger partial charge is 0.0637 e. The van der Waals surface area contributed by atoms with Crippen molar-refractivity contribution in [2.45, 2.75) is 32.4 Å². The second kappa shape index (κ2) is 6.76. The summed E-state index contributed by atoms with van der Waals surface area (Å²) in [7, 11) is 0. The molecule has 1 fully saturated rings. The van der Waals surface area contributed by atoms with Crippen molar-refractivity contribution in [3.05, 3.63) is 33.8 Å². The van der Waals surface area contributed by atoms with Crippen molar-refractivity contribution >= 4 is 23.2 Å². The van der Waals surface area contributed by atoms with Crippen molar-refractivity contribution in [2.75, 3.05) is 13.2 Å².